The molecule has 13 heavy (non-hydrogen) atoms. The highest BCUT2D eigenvalue weighted by Crippen LogP contribution is 2.06. The normalized spacial score (nSPS) is 11.1. The van der Waals surface area contributed by atoms with Crippen molar-refractivity contribution < 1.29 is 10.2 Å². The lowest BCUT2D eigenvalue weighted by Crippen LogP contribution is -2.10. The third-order valence-corrected chi connectivity index (χ3v) is 1.88. The predicted octanol–water partition coefficient (Wildman–Crippen LogP) is 1.46. The van der Waals surface area contributed by atoms with Gasteiger partial charge in [-0.25, -0.2) is 4.98 Å². The summed E-state index contributed by atoms with van der Waals surface area (Å²) in [6, 6.07) is 11.8. The van der Waals surface area contributed by atoms with Gasteiger partial charge in [0.05, 0.1) is 0 Å². The molecule has 3 heteroatoms. The van der Waals surface area contributed by atoms with Gasteiger partial charge in [0, 0.05) is 17.5 Å². The Morgan fingerprint density at radius 2 is 2.00 bits per heavy atom. The molecular weight excluding hydrogens is 164 g/mol. The van der Waals surface area contributed by atoms with Crippen molar-refractivity contribution in [2.24, 2.45) is 5.16 Å². The second kappa shape index (κ2) is 3.23. The Morgan fingerprint density at radius 3 is 2.85 bits per heavy atom. The van der Waals surface area contributed by atoms with E-state index in [1.165, 1.54) is 6.21 Å². The lowest BCUT2D eigenvalue weighted by molar-refractivity contribution is -0.346. The van der Waals surface area contributed by atoms with Crippen LogP contribution in [0.1, 0.15) is 5.69 Å². The highest BCUT2D eigenvalue weighted by atomic mass is 16.4. The van der Waals surface area contributed by atoms with Gasteiger partial charge >= 0.3 is 0 Å². The first-order chi connectivity index (χ1) is 6.40. The van der Waals surface area contributed by atoms with Crippen LogP contribution in [0.4, 0.5) is 0 Å². The van der Waals surface area contributed by atoms with Gasteiger partial charge in [0.2, 0.25) is 11.2 Å². The van der Waals surface area contributed by atoms with E-state index in [1.807, 2.05) is 36.4 Å². The largest absolute Gasteiger partial charge is 0.411 e. The second-order valence-electron chi connectivity index (χ2n) is 2.75. The van der Waals surface area contributed by atoms with Crippen molar-refractivity contribution in [1.29, 1.82) is 0 Å². The molecule has 0 saturated carbocycles. The number of aromatic nitrogens is 1. The summed E-state index contributed by atoms with van der Waals surface area (Å²) in [5.41, 5.74) is 1.81. The molecule has 0 spiro atoms. The highest BCUT2D eigenvalue weighted by Gasteiger charge is 2.01. The number of para-hydroxylation sites is 1. The fourth-order valence-corrected chi connectivity index (χ4v) is 1.27. The number of oxime groups is 1. The molecule has 0 radical (unpaired) electrons. The SMILES string of the molecule is ON=Cc1ccc2ccccc2[nH+]1. The van der Waals surface area contributed by atoms with E-state index < -0.39 is 0 Å². The van der Waals surface area contributed by atoms with Crippen molar-refractivity contribution in [2.75, 3.05) is 0 Å². The average Bonchev–Trinajstić information content (AvgIpc) is 2.18. The Balaban J connectivity index is 2.62. The second-order valence-corrected chi connectivity index (χ2v) is 2.75. The lowest BCUT2D eigenvalue weighted by Gasteiger charge is -1.90. The van der Waals surface area contributed by atoms with E-state index >= 15 is 0 Å². The number of rotatable bonds is 1. The van der Waals surface area contributed by atoms with Gasteiger partial charge in [-0.1, -0.05) is 17.3 Å². The van der Waals surface area contributed by atoms with Gasteiger partial charge < -0.3 is 5.21 Å². The molecule has 0 aliphatic rings. The van der Waals surface area contributed by atoms with Crippen LogP contribution in [0.15, 0.2) is 41.6 Å². The zero-order valence-electron chi connectivity index (χ0n) is 6.94. The number of pyridine rings is 1. The lowest BCUT2D eigenvalue weighted by atomic mass is 10.2. The number of nitrogens with zero attached hydrogens (tertiary/aromatic N) is 1. The summed E-state index contributed by atoms with van der Waals surface area (Å²) in [7, 11) is 0. The molecule has 0 aliphatic carbocycles. The first kappa shape index (κ1) is 7.73. The smallest absolute Gasteiger partial charge is 0.225 e. The van der Waals surface area contributed by atoms with E-state index in [1.54, 1.807) is 0 Å². The molecular formula is C10H9N2O+. The number of H-pyrrole nitrogens is 1. The number of aromatic amines is 1. The Bertz CT molecular complexity index is 451. The van der Waals surface area contributed by atoms with Gasteiger partial charge in [0.1, 0.15) is 6.21 Å². The number of hydrogen-bond acceptors (Lipinski definition) is 2. The predicted molar refractivity (Wildman–Crippen MR) is 49.9 cm³/mol. The molecule has 2 N–H and O–H groups in total. The molecule has 1 aromatic carbocycles. The summed E-state index contributed by atoms with van der Waals surface area (Å²) >= 11 is 0. The van der Waals surface area contributed by atoms with Crippen LogP contribution < -0.4 is 4.98 Å². The number of hydrogen-bond donors (Lipinski definition) is 1. The number of nitrogens with one attached hydrogen (secondary N) is 1. The van der Waals surface area contributed by atoms with Crippen LogP contribution in [0, 0.1) is 0 Å². The van der Waals surface area contributed by atoms with Crippen molar-refractivity contribution in [3.05, 3.63) is 42.1 Å². The molecule has 64 valence electrons. The monoisotopic (exact) mass is 173 g/mol. The van der Waals surface area contributed by atoms with Crippen LogP contribution >= 0.6 is 0 Å². The summed E-state index contributed by atoms with van der Waals surface area (Å²) in [5, 5.41) is 12.4. The quantitative estimate of drug-likeness (QED) is 0.396. The van der Waals surface area contributed by atoms with Gasteiger partial charge in [-0.05, 0) is 12.1 Å². The first-order valence-corrected chi connectivity index (χ1v) is 3.98. The maximum atomic E-state index is 8.34. The maximum Gasteiger partial charge on any atom is 0.225 e. The molecule has 0 saturated heterocycles. The molecule has 0 aliphatic heterocycles. The van der Waals surface area contributed by atoms with Gasteiger partial charge in [0.15, 0.2) is 0 Å². The summed E-state index contributed by atoms with van der Waals surface area (Å²) < 4.78 is 0. The first-order valence-electron chi connectivity index (χ1n) is 3.98. The zero-order chi connectivity index (χ0) is 9.10. The fourth-order valence-electron chi connectivity index (χ4n) is 1.27. The Labute approximate surface area is 75.3 Å². The van der Waals surface area contributed by atoms with E-state index in [4.69, 9.17) is 5.21 Å². The third kappa shape index (κ3) is 1.49. The minimum atomic E-state index is 0.779. The van der Waals surface area contributed by atoms with Crippen LogP contribution in [-0.2, 0) is 0 Å². The molecule has 1 aromatic heterocycles. The van der Waals surface area contributed by atoms with Crippen LogP contribution in [0.25, 0.3) is 10.9 Å². The summed E-state index contributed by atoms with van der Waals surface area (Å²) in [4.78, 5) is 3.12. The Hall–Kier alpha value is -1.90. The number of benzene rings is 1. The maximum absolute atomic E-state index is 8.34. The van der Waals surface area contributed by atoms with Crippen molar-refractivity contribution >= 4 is 17.1 Å². The summed E-state index contributed by atoms with van der Waals surface area (Å²) in [5.74, 6) is 0. The van der Waals surface area contributed by atoms with Crippen molar-refractivity contribution in [3.8, 4) is 0 Å². The molecule has 0 unspecified atom stereocenters. The van der Waals surface area contributed by atoms with Gasteiger partial charge in [-0.15, -0.1) is 0 Å². The molecule has 1 heterocycles. The highest BCUT2D eigenvalue weighted by molar-refractivity contribution is 5.80. The summed E-state index contributed by atoms with van der Waals surface area (Å²) in [6.45, 7) is 0. The molecule has 0 bridgehead atoms. The molecule has 2 aromatic rings. The standard InChI is InChI=1S/C10H8N2O/c13-11-7-9-6-5-8-3-1-2-4-10(8)12-9/h1-7,13H/p+1. The van der Waals surface area contributed by atoms with Crippen molar-refractivity contribution in [2.45, 2.75) is 0 Å². The molecule has 3 nitrogen and oxygen atoms in total. The van der Waals surface area contributed by atoms with E-state index in [0.717, 1.165) is 16.6 Å². The molecule has 2 rings (SSSR count). The van der Waals surface area contributed by atoms with Crippen LogP contribution in [0.3, 0.4) is 0 Å². The van der Waals surface area contributed by atoms with Gasteiger partial charge in [-0.3, -0.25) is 0 Å². The molecule has 0 fully saturated rings. The summed E-state index contributed by atoms with van der Waals surface area (Å²) in [6.07, 6.45) is 1.37. The van der Waals surface area contributed by atoms with Crippen LogP contribution in [-0.4, -0.2) is 11.4 Å². The Kier molecular flexibility index (Phi) is 1.92. The van der Waals surface area contributed by atoms with Crippen molar-refractivity contribution in [3.63, 3.8) is 0 Å². The van der Waals surface area contributed by atoms with Gasteiger partial charge in [0.25, 0.3) is 0 Å². The minimum absolute atomic E-state index is 0.779. The van der Waals surface area contributed by atoms with E-state index in [0.29, 0.717) is 0 Å². The van der Waals surface area contributed by atoms with Crippen LogP contribution in [0.5, 0.6) is 0 Å². The zero-order valence-corrected chi connectivity index (χ0v) is 6.94. The Morgan fingerprint density at radius 1 is 1.15 bits per heavy atom. The molecule has 0 amide bonds. The van der Waals surface area contributed by atoms with Gasteiger partial charge in [-0.2, -0.15) is 0 Å². The van der Waals surface area contributed by atoms with E-state index in [9.17, 15) is 0 Å². The minimum Gasteiger partial charge on any atom is -0.411 e. The van der Waals surface area contributed by atoms with E-state index in [2.05, 4.69) is 10.1 Å². The van der Waals surface area contributed by atoms with Crippen molar-refractivity contribution in [1.82, 2.24) is 0 Å². The fraction of sp³-hybridized carbons (Fsp3) is 0. The van der Waals surface area contributed by atoms with E-state index in [-0.39, 0.29) is 0 Å². The number of fused-ring (bicyclic) bond motifs is 1. The average molecular weight is 173 g/mol. The topological polar surface area (TPSA) is 46.7 Å². The van der Waals surface area contributed by atoms with Crippen LogP contribution in [0.2, 0.25) is 0 Å². The third-order valence-electron chi connectivity index (χ3n) is 1.88. The molecule has 0 atom stereocenters.